The van der Waals surface area contributed by atoms with Gasteiger partial charge in [-0.1, -0.05) is 18.9 Å². The lowest BCUT2D eigenvalue weighted by Crippen LogP contribution is -2.46. The van der Waals surface area contributed by atoms with Crippen molar-refractivity contribution in [1.82, 2.24) is 4.90 Å². The van der Waals surface area contributed by atoms with Crippen molar-refractivity contribution in [2.75, 3.05) is 11.9 Å². The summed E-state index contributed by atoms with van der Waals surface area (Å²) >= 11 is 0. The lowest BCUT2D eigenvalue weighted by Gasteiger charge is -2.27. The number of carbonyl (C=O) groups is 2. The number of benzene rings is 1. The second-order valence-corrected chi connectivity index (χ2v) is 4.92. The Balaban J connectivity index is 2.19. The largest absolute Gasteiger partial charge is 0.480 e. The van der Waals surface area contributed by atoms with Crippen LogP contribution in [-0.2, 0) is 4.79 Å². The van der Waals surface area contributed by atoms with Crippen LogP contribution in [0.1, 0.15) is 25.7 Å². The Morgan fingerprint density at radius 3 is 2.48 bits per heavy atom. The summed E-state index contributed by atoms with van der Waals surface area (Å²) in [5.74, 6) is -2.91. The Hall–Kier alpha value is -2.18. The fraction of sp³-hybridized carbons (Fsp3) is 0.429. The number of anilines is 1. The molecule has 0 aromatic heterocycles. The molecule has 0 aliphatic carbocycles. The van der Waals surface area contributed by atoms with Crippen molar-refractivity contribution < 1.29 is 23.5 Å². The van der Waals surface area contributed by atoms with Gasteiger partial charge in [0, 0.05) is 6.54 Å². The molecule has 0 saturated carbocycles. The van der Waals surface area contributed by atoms with Gasteiger partial charge in [-0.2, -0.15) is 0 Å². The van der Waals surface area contributed by atoms with Crippen LogP contribution < -0.4 is 5.32 Å². The maximum absolute atomic E-state index is 13.5. The van der Waals surface area contributed by atoms with Crippen molar-refractivity contribution in [1.29, 1.82) is 0 Å². The molecule has 1 atom stereocenters. The number of carbonyl (C=O) groups excluding carboxylic acids is 1. The summed E-state index contributed by atoms with van der Waals surface area (Å²) < 4.78 is 27.0. The van der Waals surface area contributed by atoms with E-state index in [9.17, 15) is 23.5 Å². The van der Waals surface area contributed by atoms with Crippen LogP contribution in [0.15, 0.2) is 18.2 Å². The highest BCUT2D eigenvalue weighted by molar-refractivity contribution is 5.92. The number of nitrogens with zero attached hydrogens (tertiary/aromatic N) is 1. The first-order valence-electron chi connectivity index (χ1n) is 6.75. The highest BCUT2D eigenvalue weighted by atomic mass is 19.1. The molecule has 1 aromatic carbocycles. The summed E-state index contributed by atoms with van der Waals surface area (Å²) in [6.45, 7) is 0.249. The Kier molecular flexibility index (Phi) is 4.72. The van der Waals surface area contributed by atoms with Crippen LogP contribution in [0.2, 0.25) is 0 Å². The third kappa shape index (κ3) is 3.48. The first-order chi connectivity index (χ1) is 10.0. The predicted octanol–water partition coefficient (Wildman–Crippen LogP) is 2.83. The highest BCUT2D eigenvalue weighted by Crippen LogP contribution is 2.21. The number of carboxylic acids is 1. The molecule has 2 rings (SSSR count). The molecule has 7 heteroatoms. The van der Waals surface area contributed by atoms with E-state index in [0.29, 0.717) is 19.3 Å². The SMILES string of the molecule is O=C(O)C1CCCCCN1C(=O)Nc1c(F)cccc1F. The summed E-state index contributed by atoms with van der Waals surface area (Å²) in [5, 5.41) is 11.3. The molecular formula is C14H16F2N2O3. The molecular weight excluding hydrogens is 282 g/mol. The van der Waals surface area contributed by atoms with E-state index in [1.807, 2.05) is 0 Å². The predicted molar refractivity (Wildman–Crippen MR) is 72.0 cm³/mol. The molecule has 1 aliphatic heterocycles. The van der Waals surface area contributed by atoms with Crippen molar-refractivity contribution in [3.63, 3.8) is 0 Å². The monoisotopic (exact) mass is 298 g/mol. The standard InChI is InChI=1S/C14H16F2N2O3/c15-9-5-4-6-10(16)12(9)17-14(21)18-8-3-1-2-7-11(18)13(19)20/h4-6,11H,1-3,7-8H2,(H,17,21)(H,19,20). The second-order valence-electron chi connectivity index (χ2n) is 4.92. The molecule has 1 aliphatic rings. The van der Waals surface area contributed by atoms with Gasteiger partial charge in [-0.3, -0.25) is 0 Å². The zero-order valence-corrected chi connectivity index (χ0v) is 11.3. The van der Waals surface area contributed by atoms with Gasteiger partial charge >= 0.3 is 12.0 Å². The van der Waals surface area contributed by atoms with Gasteiger partial charge in [-0.15, -0.1) is 0 Å². The number of hydrogen-bond acceptors (Lipinski definition) is 2. The van der Waals surface area contributed by atoms with Gasteiger partial charge in [0.2, 0.25) is 0 Å². The van der Waals surface area contributed by atoms with Gasteiger partial charge in [0.15, 0.2) is 0 Å². The molecule has 1 unspecified atom stereocenters. The summed E-state index contributed by atoms with van der Waals surface area (Å²) in [4.78, 5) is 24.5. The lowest BCUT2D eigenvalue weighted by atomic mass is 10.1. The van der Waals surface area contributed by atoms with Crippen molar-refractivity contribution >= 4 is 17.7 Å². The summed E-state index contributed by atoms with van der Waals surface area (Å²) in [5.41, 5.74) is -0.559. The zero-order valence-electron chi connectivity index (χ0n) is 11.3. The Labute approximate surface area is 120 Å². The molecule has 1 fully saturated rings. The van der Waals surface area contributed by atoms with Crippen LogP contribution in [0.3, 0.4) is 0 Å². The summed E-state index contributed by atoms with van der Waals surface area (Å²) in [6.07, 6.45) is 2.52. The number of urea groups is 1. The molecule has 114 valence electrons. The van der Waals surface area contributed by atoms with Crippen molar-refractivity contribution in [2.45, 2.75) is 31.7 Å². The average molecular weight is 298 g/mol. The molecule has 1 heterocycles. The summed E-state index contributed by atoms with van der Waals surface area (Å²) in [6, 6.07) is 1.47. The maximum atomic E-state index is 13.5. The number of aliphatic carboxylic acids is 1. The van der Waals surface area contributed by atoms with E-state index in [1.54, 1.807) is 0 Å². The number of amides is 2. The van der Waals surface area contributed by atoms with Crippen LogP contribution in [0, 0.1) is 11.6 Å². The molecule has 0 radical (unpaired) electrons. The van der Waals surface area contributed by atoms with E-state index in [1.165, 1.54) is 6.07 Å². The Morgan fingerprint density at radius 1 is 1.19 bits per heavy atom. The number of rotatable bonds is 2. The maximum Gasteiger partial charge on any atom is 0.326 e. The minimum atomic E-state index is -1.11. The molecule has 5 nitrogen and oxygen atoms in total. The third-order valence-electron chi connectivity index (χ3n) is 3.49. The molecule has 1 aromatic rings. The fourth-order valence-corrected chi connectivity index (χ4v) is 2.40. The van der Waals surface area contributed by atoms with Gasteiger partial charge < -0.3 is 15.3 Å². The third-order valence-corrected chi connectivity index (χ3v) is 3.49. The van der Waals surface area contributed by atoms with E-state index in [2.05, 4.69) is 5.32 Å². The Bertz CT molecular complexity index is 531. The number of para-hydroxylation sites is 1. The molecule has 2 N–H and O–H groups in total. The minimum Gasteiger partial charge on any atom is -0.480 e. The molecule has 21 heavy (non-hydrogen) atoms. The van der Waals surface area contributed by atoms with E-state index < -0.39 is 35.4 Å². The second kappa shape index (κ2) is 6.51. The average Bonchev–Trinajstić information content (AvgIpc) is 2.68. The Morgan fingerprint density at radius 2 is 1.86 bits per heavy atom. The molecule has 0 spiro atoms. The normalized spacial score (nSPS) is 19.0. The first kappa shape index (κ1) is 15.2. The van der Waals surface area contributed by atoms with Crippen LogP contribution in [0.4, 0.5) is 19.3 Å². The van der Waals surface area contributed by atoms with Crippen LogP contribution in [0.25, 0.3) is 0 Å². The van der Waals surface area contributed by atoms with Crippen molar-refractivity contribution in [3.05, 3.63) is 29.8 Å². The minimum absolute atomic E-state index is 0.249. The van der Waals surface area contributed by atoms with E-state index in [0.717, 1.165) is 23.5 Å². The lowest BCUT2D eigenvalue weighted by molar-refractivity contribution is -0.142. The number of halogens is 2. The molecule has 1 saturated heterocycles. The zero-order chi connectivity index (χ0) is 15.4. The van der Waals surface area contributed by atoms with Crippen molar-refractivity contribution in [3.8, 4) is 0 Å². The van der Waals surface area contributed by atoms with Crippen LogP contribution >= 0.6 is 0 Å². The number of hydrogen-bond donors (Lipinski definition) is 2. The molecule has 2 amide bonds. The van der Waals surface area contributed by atoms with Crippen LogP contribution in [-0.4, -0.2) is 34.6 Å². The van der Waals surface area contributed by atoms with E-state index in [4.69, 9.17) is 0 Å². The van der Waals surface area contributed by atoms with Gasteiger partial charge in [0.05, 0.1) is 0 Å². The summed E-state index contributed by atoms with van der Waals surface area (Å²) in [7, 11) is 0. The van der Waals surface area contributed by atoms with E-state index in [-0.39, 0.29) is 6.54 Å². The van der Waals surface area contributed by atoms with Crippen LogP contribution in [0.5, 0.6) is 0 Å². The van der Waals surface area contributed by atoms with Gasteiger partial charge in [0.25, 0.3) is 0 Å². The van der Waals surface area contributed by atoms with Crippen molar-refractivity contribution in [2.24, 2.45) is 0 Å². The quantitative estimate of drug-likeness (QED) is 0.882. The first-order valence-corrected chi connectivity index (χ1v) is 6.75. The number of carboxylic acid groups (broad SMARTS) is 1. The van der Waals surface area contributed by atoms with Gasteiger partial charge in [0.1, 0.15) is 23.4 Å². The topological polar surface area (TPSA) is 69.6 Å². The van der Waals surface area contributed by atoms with Gasteiger partial charge in [-0.05, 0) is 25.0 Å². The van der Waals surface area contributed by atoms with Gasteiger partial charge in [-0.25, -0.2) is 18.4 Å². The van der Waals surface area contributed by atoms with E-state index >= 15 is 0 Å². The smallest absolute Gasteiger partial charge is 0.326 e. The number of nitrogens with one attached hydrogen (secondary N) is 1. The molecule has 0 bridgehead atoms. The number of likely N-dealkylation sites (tertiary alicyclic amines) is 1. The fourth-order valence-electron chi connectivity index (χ4n) is 2.40. The highest BCUT2D eigenvalue weighted by Gasteiger charge is 2.31.